The number of fused-ring (bicyclic) bond motifs is 1. The van der Waals surface area contributed by atoms with E-state index in [1.54, 1.807) is 0 Å². The molecule has 0 aromatic heterocycles. The van der Waals surface area contributed by atoms with Crippen molar-refractivity contribution in [3.05, 3.63) is 34.9 Å². The van der Waals surface area contributed by atoms with Gasteiger partial charge < -0.3 is 15.5 Å². The fourth-order valence-corrected chi connectivity index (χ4v) is 3.65. The van der Waals surface area contributed by atoms with Crippen molar-refractivity contribution in [1.29, 1.82) is 0 Å². The van der Waals surface area contributed by atoms with E-state index in [0.29, 0.717) is 5.92 Å². The molecule has 1 fully saturated rings. The van der Waals surface area contributed by atoms with Gasteiger partial charge in [0.25, 0.3) is 5.91 Å². The van der Waals surface area contributed by atoms with Gasteiger partial charge in [0.1, 0.15) is 0 Å². The second-order valence-corrected chi connectivity index (χ2v) is 6.82. The number of likely N-dealkylation sites (N-methyl/N-ethyl adjacent to an activating group) is 1. The Kier molecular flexibility index (Phi) is 7.53. The summed E-state index contributed by atoms with van der Waals surface area (Å²) in [6.07, 6.45) is 4.48. The third-order valence-electron chi connectivity index (χ3n) is 5.32. The molecule has 2 heterocycles. The molecule has 0 atom stereocenters. The second kappa shape index (κ2) is 9.40. The van der Waals surface area contributed by atoms with E-state index < -0.39 is 0 Å². The Morgan fingerprint density at radius 2 is 1.92 bits per heavy atom. The highest BCUT2D eigenvalue weighted by molar-refractivity contribution is 5.94. The molecule has 5 heteroatoms. The molecule has 134 valence electrons. The molecular weight excluding hydrogens is 322 g/mol. The highest BCUT2D eigenvalue weighted by Gasteiger charge is 2.17. The summed E-state index contributed by atoms with van der Waals surface area (Å²) in [5, 5.41) is 6.50. The van der Waals surface area contributed by atoms with E-state index >= 15 is 0 Å². The third kappa shape index (κ3) is 4.95. The molecule has 1 aromatic rings. The molecule has 24 heavy (non-hydrogen) atoms. The zero-order valence-electron chi connectivity index (χ0n) is 14.6. The molecule has 0 bridgehead atoms. The number of nitrogens with one attached hydrogen (secondary N) is 2. The molecule has 2 N–H and O–H groups in total. The van der Waals surface area contributed by atoms with Crippen molar-refractivity contribution in [3.8, 4) is 0 Å². The van der Waals surface area contributed by atoms with E-state index in [2.05, 4.69) is 34.6 Å². The Morgan fingerprint density at radius 3 is 2.62 bits per heavy atom. The lowest BCUT2D eigenvalue weighted by Crippen LogP contribution is -2.36. The van der Waals surface area contributed by atoms with Crippen LogP contribution in [0.1, 0.15) is 41.3 Å². The van der Waals surface area contributed by atoms with Crippen LogP contribution in [0.4, 0.5) is 0 Å². The Balaban J connectivity index is 0.00000208. The molecule has 3 rings (SSSR count). The standard InChI is InChI=1S/C19H29N3O.ClH/c1-2-22-11-7-16-3-4-18(13-17(16)8-12-22)19(23)21-14-15-5-9-20-10-6-15;/h3-4,13,15,20H,2,5-12,14H2,1H3,(H,21,23);1H. The van der Waals surface area contributed by atoms with Gasteiger partial charge in [-0.2, -0.15) is 0 Å². The molecule has 1 saturated heterocycles. The smallest absolute Gasteiger partial charge is 0.251 e. The first-order chi connectivity index (χ1) is 11.3. The average Bonchev–Trinajstić information content (AvgIpc) is 2.82. The number of amides is 1. The first-order valence-corrected chi connectivity index (χ1v) is 9.09. The van der Waals surface area contributed by atoms with Crippen LogP contribution in [0.5, 0.6) is 0 Å². The fraction of sp³-hybridized carbons (Fsp3) is 0.632. The van der Waals surface area contributed by atoms with Crippen molar-refractivity contribution in [2.45, 2.75) is 32.6 Å². The van der Waals surface area contributed by atoms with Crippen LogP contribution in [0.2, 0.25) is 0 Å². The number of halogens is 1. The summed E-state index contributed by atoms with van der Waals surface area (Å²) in [4.78, 5) is 14.9. The summed E-state index contributed by atoms with van der Waals surface area (Å²) < 4.78 is 0. The number of benzene rings is 1. The first kappa shape index (κ1) is 19.2. The molecule has 2 aliphatic rings. The van der Waals surface area contributed by atoms with E-state index in [1.807, 2.05) is 6.07 Å². The molecule has 4 nitrogen and oxygen atoms in total. The van der Waals surface area contributed by atoms with E-state index in [9.17, 15) is 4.79 Å². The van der Waals surface area contributed by atoms with Crippen molar-refractivity contribution in [1.82, 2.24) is 15.5 Å². The molecule has 1 amide bonds. The molecule has 0 spiro atoms. The van der Waals surface area contributed by atoms with Crippen LogP contribution < -0.4 is 10.6 Å². The van der Waals surface area contributed by atoms with Crippen LogP contribution in [0, 0.1) is 5.92 Å². The summed E-state index contributed by atoms with van der Waals surface area (Å²) in [5.74, 6) is 0.710. The van der Waals surface area contributed by atoms with E-state index in [-0.39, 0.29) is 18.3 Å². The maximum Gasteiger partial charge on any atom is 0.251 e. The fourth-order valence-electron chi connectivity index (χ4n) is 3.65. The van der Waals surface area contributed by atoms with Crippen LogP contribution in [0.3, 0.4) is 0 Å². The van der Waals surface area contributed by atoms with Crippen molar-refractivity contribution in [2.24, 2.45) is 5.92 Å². The van der Waals surface area contributed by atoms with Gasteiger partial charge in [-0.3, -0.25) is 4.79 Å². The van der Waals surface area contributed by atoms with Crippen molar-refractivity contribution in [2.75, 3.05) is 39.3 Å². The zero-order valence-corrected chi connectivity index (χ0v) is 15.5. The number of rotatable bonds is 4. The van der Waals surface area contributed by atoms with Gasteiger partial charge in [-0.1, -0.05) is 13.0 Å². The van der Waals surface area contributed by atoms with Crippen LogP contribution >= 0.6 is 12.4 Å². The molecule has 2 aliphatic heterocycles. The molecule has 0 aliphatic carbocycles. The quantitative estimate of drug-likeness (QED) is 0.874. The minimum Gasteiger partial charge on any atom is -0.352 e. The van der Waals surface area contributed by atoms with E-state index in [0.717, 1.165) is 70.5 Å². The monoisotopic (exact) mass is 351 g/mol. The van der Waals surface area contributed by atoms with Crippen molar-refractivity contribution >= 4 is 18.3 Å². The van der Waals surface area contributed by atoms with Gasteiger partial charge in [-0.05, 0) is 74.5 Å². The Hall–Kier alpha value is -1.10. The van der Waals surface area contributed by atoms with Crippen LogP contribution in [0.25, 0.3) is 0 Å². The van der Waals surface area contributed by atoms with Gasteiger partial charge in [0.15, 0.2) is 0 Å². The normalized spacial score (nSPS) is 19.0. The third-order valence-corrected chi connectivity index (χ3v) is 5.32. The average molecular weight is 352 g/mol. The van der Waals surface area contributed by atoms with Gasteiger partial charge in [0, 0.05) is 25.2 Å². The van der Waals surface area contributed by atoms with E-state index in [1.165, 1.54) is 11.1 Å². The number of piperidine rings is 1. The predicted molar refractivity (Wildman–Crippen MR) is 101 cm³/mol. The summed E-state index contributed by atoms with van der Waals surface area (Å²) >= 11 is 0. The van der Waals surface area contributed by atoms with Gasteiger partial charge in [-0.15, -0.1) is 12.4 Å². The molecule has 0 saturated carbocycles. The summed E-state index contributed by atoms with van der Waals surface area (Å²) in [6.45, 7) is 8.52. The number of hydrogen-bond acceptors (Lipinski definition) is 3. The predicted octanol–water partition coefficient (Wildman–Crippen LogP) is 2.26. The van der Waals surface area contributed by atoms with Crippen molar-refractivity contribution < 1.29 is 4.79 Å². The van der Waals surface area contributed by atoms with Crippen molar-refractivity contribution in [3.63, 3.8) is 0 Å². The molecule has 0 unspecified atom stereocenters. The number of nitrogens with zero attached hydrogens (tertiary/aromatic N) is 1. The van der Waals surface area contributed by atoms with Crippen LogP contribution in [-0.2, 0) is 12.8 Å². The largest absolute Gasteiger partial charge is 0.352 e. The zero-order chi connectivity index (χ0) is 16.1. The van der Waals surface area contributed by atoms with Gasteiger partial charge in [0.2, 0.25) is 0 Å². The first-order valence-electron chi connectivity index (χ1n) is 9.09. The van der Waals surface area contributed by atoms with Gasteiger partial charge in [-0.25, -0.2) is 0 Å². The lowest BCUT2D eigenvalue weighted by Gasteiger charge is -2.22. The molecule has 0 radical (unpaired) electrons. The maximum atomic E-state index is 12.4. The summed E-state index contributed by atoms with van der Waals surface area (Å²) in [6, 6.07) is 6.28. The molecule has 1 aromatic carbocycles. The minimum absolute atomic E-state index is 0. The number of carbonyl (C=O) groups excluding carboxylic acids is 1. The van der Waals surface area contributed by atoms with Gasteiger partial charge >= 0.3 is 0 Å². The molecular formula is C19H30ClN3O. The number of hydrogen-bond donors (Lipinski definition) is 2. The minimum atomic E-state index is 0. The Labute approximate surface area is 151 Å². The summed E-state index contributed by atoms with van der Waals surface area (Å²) in [5.41, 5.74) is 3.59. The lowest BCUT2D eigenvalue weighted by atomic mass is 9.97. The summed E-state index contributed by atoms with van der Waals surface area (Å²) in [7, 11) is 0. The highest BCUT2D eigenvalue weighted by atomic mass is 35.5. The SMILES string of the molecule is CCN1CCc2ccc(C(=O)NCC3CCNCC3)cc2CC1.Cl. The highest BCUT2D eigenvalue weighted by Crippen LogP contribution is 2.18. The van der Waals surface area contributed by atoms with E-state index in [4.69, 9.17) is 0 Å². The lowest BCUT2D eigenvalue weighted by molar-refractivity contribution is 0.0944. The Bertz CT molecular complexity index is 543. The second-order valence-electron chi connectivity index (χ2n) is 6.82. The number of carbonyl (C=O) groups is 1. The maximum absolute atomic E-state index is 12.4. The van der Waals surface area contributed by atoms with Gasteiger partial charge in [0.05, 0.1) is 0 Å². The topological polar surface area (TPSA) is 44.4 Å². The van der Waals surface area contributed by atoms with Crippen LogP contribution in [-0.4, -0.2) is 50.1 Å². The van der Waals surface area contributed by atoms with Crippen LogP contribution in [0.15, 0.2) is 18.2 Å². The Morgan fingerprint density at radius 1 is 1.21 bits per heavy atom.